The Balaban J connectivity index is 1.52. The van der Waals surface area contributed by atoms with Gasteiger partial charge in [0.15, 0.2) is 0 Å². The number of anilines is 2. The Kier molecular flexibility index (Phi) is 4.23. The second-order valence-corrected chi connectivity index (χ2v) is 5.40. The van der Waals surface area contributed by atoms with Crippen molar-refractivity contribution in [3.05, 3.63) is 59.9 Å². The molecule has 22 heavy (non-hydrogen) atoms. The summed E-state index contributed by atoms with van der Waals surface area (Å²) in [6, 6.07) is 14.2. The lowest BCUT2D eigenvalue weighted by atomic mass is 10.2. The highest BCUT2D eigenvalue weighted by Crippen LogP contribution is 2.19. The zero-order valence-corrected chi connectivity index (χ0v) is 12.1. The Morgan fingerprint density at radius 3 is 2.41 bits per heavy atom. The lowest BCUT2D eigenvalue weighted by Gasteiger charge is -2.09. The summed E-state index contributed by atoms with van der Waals surface area (Å²) in [5.41, 5.74) is 2.22. The van der Waals surface area contributed by atoms with Gasteiger partial charge in [-0.1, -0.05) is 18.2 Å². The Bertz CT molecular complexity index is 653. The third-order valence-corrected chi connectivity index (χ3v) is 3.50. The van der Waals surface area contributed by atoms with Crippen LogP contribution >= 0.6 is 0 Å². The summed E-state index contributed by atoms with van der Waals surface area (Å²) in [5, 5.41) is 8.80. The topological polar surface area (TPSA) is 53.2 Å². The van der Waals surface area contributed by atoms with E-state index in [0.29, 0.717) is 18.2 Å². The van der Waals surface area contributed by atoms with Crippen LogP contribution in [0.25, 0.3) is 0 Å². The molecule has 2 aromatic rings. The minimum absolute atomic E-state index is 0.172. The highest BCUT2D eigenvalue weighted by Gasteiger charge is 2.23. The van der Waals surface area contributed by atoms with Gasteiger partial charge in [-0.15, -0.1) is 0 Å². The Morgan fingerprint density at radius 1 is 1.05 bits per heavy atom. The van der Waals surface area contributed by atoms with Crippen LogP contribution in [-0.2, 0) is 6.54 Å². The summed E-state index contributed by atoms with van der Waals surface area (Å²) in [5.74, 6) is -0.218. The molecule has 0 bridgehead atoms. The van der Waals surface area contributed by atoms with Gasteiger partial charge in [0.25, 0.3) is 0 Å². The van der Waals surface area contributed by atoms with Crippen LogP contribution < -0.4 is 16.0 Å². The minimum Gasteiger partial charge on any atom is -0.381 e. The van der Waals surface area contributed by atoms with Crippen molar-refractivity contribution in [1.82, 2.24) is 5.32 Å². The van der Waals surface area contributed by atoms with Crippen LogP contribution in [0.4, 0.5) is 20.6 Å². The van der Waals surface area contributed by atoms with E-state index in [-0.39, 0.29) is 11.8 Å². The molecule has 2 aromatic carbocycles. The summed E-state index contributed by atoms with van der Waals surface area (Å²) in [7, 11) is 0. The third kappa shape index (κ3) is 3.97. The maximum Gasteiger partial charge on any atom is 0.319 e. The molecule has 4 nitrogen and oxygen atoms in total. The maximum atomic E-state index is 13.5. The first kappa shape index (κ1) is 14.4. The number of benzene rings is 2. The van der Waals surface area contributed by atoms with Crippen molar-refractivity contribution in [2.45, 2.75) is 25.4 Å². The zero-order valence-electron chi connectivity index (χ0n) is 12.1. The van der Waals surface area contributed by atoms with E-state index >= 15 is 0 Å². The Hall–Kier alpha value is -2.56. The van der Waals surface area contributed by atoms with Gasteiger partial charge in [-0.25, -0.2) is 9.18 Å². The number of carbonyl (C=O) groups excluding carboxylic acids is 1. The summed E-state index contributed by atoms with van der Waals surface area (Å²) in [6.45, 7) is 0.418. The summed E-state index contributed by atoms with van der Waals surface area (Å²) >= 11 is 0. The molecule has 0 aromatic heterocycles. The van der Waals surface area contributed by atoms with Gasteiger partial charge in [0.1, 0.15) is 5.82 Å². The molecular formula is C17H18FN3O. The molecule has 0 radical (unpaired) electrons. The molecule has 0 atom stereocenters. The standard InChI is InChI=1S/C17H18FN3O/c18-16-4-2-1-3-12(16)11-19-13-5-7-14(8-6-13)20-17(22)21-15-9-10-15/h1-8,15,19H,9-11H2,(H2,20,21,22). The number of carbonyl (C=O) groups is 1. The molecule has 1 aliphatic rings. The van der Waals surface area contributed by atoms with Gasteiger partial charge in [0, 0.05) is 29.5 Å². The first-order chi connectivity index (χ1) is 10.7. The number of hydrogen-bond acceptors (Lipinski definition) is 2. The molecule has 3 N–H and O–H groups in total. The van der Waals surface area contributed by atoms with Gasteiger partial charge < -0.3 is 16.0 Å². The molecule has 5 heteroatoms. The van der Waals surface area contributed by atoms with E-state index in [1.807, 2.05) is 30.3 Å². The SMILES string of the molecule is O=C(Nc1ccc(NCc2ccccc2F)cc1)NC1CC1. The second-order valence-electron chi connectivity index (χ2n) is 5.40. The van der Waals surface area contributed by atoms with Crippen molar-refractivity contribution in [2.24, 2.45) is 0 Å². The molecule has 2 amide bonds. The van der Waals surface area contributed by atoms with Crippen molar-refractivity contribution in [1.29, 1.82) is 0 Å². The second kappa shape index (κ2) is 6.47. The quantitative estimate of drug-likeness (QED) is 0.788. The number of rotatable bonds is 5. The van der Waals surface area contributed by atoms with E-state index in [1.165, 1.54) is 6.07 Å². The molecule has 0 heterocycles. The van der Waals surface area contributed by atoms with Gasteiger partial charge in [-0.3, -0.25) is 0 Å². The van der Waals surface area contributed by atoms with Crippen LogP contribution in [0, 0.1) is 5.82 Å². The number of urea groups is 1. The van der Waals surface area contributed by atoms with Crippen molar-refractivity contribution in [3.8, 4) is 0 Å². The van der Waals surface area contributed by atoms with Crippen LogP contribution in [0.15, 0.2) is 48.5 Å². The molecule has 1 saturated carbocycles. The Morgan fingerprint density at radius 2 is 1.73 bits per heavy atom. The number of amides is 2. The van der Waals surface area contributed by atoms with Crippen LogP contribution in [0.5, 0.6) is 0 Å². The van der Waals surface area contributed by atoms with E-state index in [0.717, 1.165) is 24.2 Å². The zero-order chi connectivity index (χ0) is 15.4. The van der Waals surface area contributed by atoms with Crippen molar-refractivity contribution < 1.29 is 9.18 Å². The van der Waals surface area contributed by atoms with Crippen molar-refractivity contribution >= 4 is 17.4 Å². The largest absolute Gasteiger partial charge is 0.381 e. The lowest BCUT2D eigenvalue weighted by Crippen LogP contribution is -2.30. The van der Waals surface area contributed by atoms with Gasteiger partial charge in [0.05, 0.1) is 0 Å². The highest BCUT2D eigenvalue weighted by molar-refractivity contribution is 5.89. The molecule has 3 rings (SSSR count). The maximum absolute atomic E-state index is 13.5. The number of hydrogen-bond donors (Lipinski definition) is 3. The van der Waals surface area contributed by atoms with Crippen molar-refractivity contribution in [3.63, 3.8) is 0 Å². The van der Waals surface area contributed by atoms with Crippen LogP contribution in [0.1, 0.15) is 18.4 Å². The summed E-state index contributed by atoms with van der Waals surface area (Å²) in [6.07, 6.45) is 2.12. The third-order valence-electron chi connectivity index (χ3n) is 3.50. The van der Waals surface area contributed by atoms with E-state index < -0.39 is 0 Å². The van der Waals surface area contributed by atoms with E-state index in [4.69, 9.17) is 0 Å². The average Bonchev–Trinajstić information content (AvgIpc) is 3.32. The summed E-state index contributed by atoms with van der Waals surface area (Å²) < 4.78 is 13.5. The van der Waals surface area contributed by atoms with E-state index in [9.17, 15) is 9.18 Å². The van der Waals surface area contributed by atoms with Crippen molar-refractivity contribution in [2.75, 3.05) is 10.6 Å². The molecule has 0 spiro atoms. The fourth-order valence-corrected chi connectivity index (χ4v) is 2.09. The number of nitrogens with one attached hydrogen (secondary N) is 3. The van der Waals surface area contributed by atoms with Crippen LogP contribution in [0.2, 0.25) is 0 Å². The van der Waals surface area contributed by atoms with Crippen LogP contribution in [0.3, 0.4) is 0 Å². The summed E-state index contributed by atoms with van der Waals surface area (Å²) in [4.78, 5) is 11.6. The molecular weight excluding hydrogens is 281 g/mol. The minimum atomic E-state index is -0.218. The molecule has 0 saturated heterocycles. The normalized spacial score (nSPS) is 13.5. The molecule has 0 unspecified atom stereocenters. The average molecular weight is 299 g/mol. The van der Waals surface area contributed by atoms with Gasteiger partial charge in [-0.05, 0) is 43.2 Å². The van der Waals surface area contributed by atoms with Crippen LogP contribution in [-0.4, -0.2) is 12.1 Å². The first-order valence-corrected chi connectivity index (χ1v) is 7.35. The first-order valence-electron chi connectivity index (χ1n) is 7.35. The lowest BCUT2D eigenvalue weighted by molar-refractivity contribution is 0.251. The molecule has 1 aliphatic carbocycles. The predicted octanol–water partition coefficient (Wildman–Crippen LogP) is 3.72. The predicted molar refractivity (Wildman–Crippen MR) is 85.3 cm³/mol. The Labute approximate surface area is 128 Å². The van der Waals surface area contributed by atoms with Gasteiger partial charge in [-0.2, -0.15) is 0 Å². The fraction of sp³-hybridized carbons (Fsp3) is 0.235. The molecule has 1 fully saturated rings. The van der Waals surface area contributed by atoms with E-state index in [2.05, 4.69) is 16.0 Å². The van der Waals surface area contributed by atoms with Gasteiger partial charge >= 0.3 is 6.03 Å². The molecule has 114 valence electrons. The monoisotopic (exact) mass is 299 g/mol. The van der Waals surface area contributed by atoms with Gasteiger partial charge in [0.2, 0.25) is 0 Å². The smallest absolute Gasteiger partial charge is 0.319 e. The van der Waals surface area contributed by atoms with E-state index in [1.54, 1.807) is 12.1 Å². The molecule has 0 aliphatic heterocycles. The number of halogens is 1. The fourth-order valence-electron chi connectivity index (χ4n) is 2.09. The highest BCUT2D eigenvalue weighted by atomic mass is 19.1.